The number of rotatable bonds is 5. The van der Waals surface area contributed by atoms with Gasteiger partial charge in [0.2, 0.25) is 11.8 Å². The molecule has 6 atom stereocenters. The van der Waals surface area contributed by atoms with Gasteiger partial charge in [-0.1, -0.05) is 38.2 Å². The first kappa shape index (κ1) is 24.5. The Morgan fingerprint density at radius 3 is 2.44 bits per heavy atom. The molecule has 0 saturated carbocycles. The Morgan fingerprint density at radius 1 is 1.08 bits per heavy atom. The maximum Gasteiger partial charge on any atom is 0.253 e. The molecule has 4 heterocycles. The normalized spacial score (nSPS) is 32.4. The van der Waals surface area contributed by atoms with Gasteiger partial charge in [-0.25, -0.2) is 0 Å². The Bertz CT molecular complexity index is 1120. The molecular formula is C27H33N3O6. The summed E-state index contributed by atoms with van der Waals surface area (Å²) in [6.45, 7) is 4.23. The third-order valence-electron chi connectivity index (χ3n) is 8.00. The summed E-state index contributed by atoms with van der Waals surface area (Å²) in [5.41, 5.74) is -0.656. The first-order chi connectivity index (χ1) is 17.2. The quantitative estimate of drug-likeness (QED) is 0.617. The van der Waals surface area contributed by atoms with Gasteiger partial charge in [-0.2, -0.15) is 0 Å². The van der Waals surface area contributed by atoms with Crippen LogP contribution in [-0.2, 0) is 19.1 Å². The number of aliphatic hydroxyl groups excluding tert-OH is 1. The van der Waals surface area contributed by atoms with Gasteiger partial charge >= 0.3 is 0 Å². The van der Waals surface area contributed by atoms with E-state index in [1.54, 1.807) is 48.2 Å². The summed E-state index contributed by atoms with van der Waals surface area (Å²) in [6, 6.07) is 5.54. The largest absolute Gasteiger partial charge is 0.497 e. The van der Waals surface area contributed by atoms with Crippen molar-refractivity contribution in [2.24, 2.45) is 17.8 Å². The van der Waals surface area contributed by atoms with Crippen molar-refractivity contribution in [2.45, 2.75) is 37.6 Å². The van der Waals surface area contributed by atoms with Crippen LogP contribution in [0.4, 0.5) is 5.69 Å². The van der Waals surface area contributed by atoms with Gasteiger partial charge in [-0.05, 0) is 30.2 Å². The minimum Gasteiger partial charge on any atom is -0.497 e. The number of likely N-dealkylation sites (tertiary alicyclic amines) is 1. The molecular weight excluding hydrogens is 462 g/mol. The van der Waals surface area contributed by atoms with E-state index in [-0.39, 0.29) is 36.8 Å². The molecule has 1 unspecified atom stereocenters. The SMILES string of the molecule is COc1ccc(N2CC=C[C@]34O[C@H]5C=CCN(C)C(=O)[C@H]5[C@H]3C(=O)N([C@@H](CO)C(C)C)C4C2=O)cc1. The summed E-state index contributed by atoms with van der Waals surface area (Å²) >= 11 is 0. The van der Waals surface area contributed by atoms with Crippen LogP contribution < -0.4 is 9.64 Å². The van der Waals surface area contributed by atoms with E-state index in [4.69, 9.17) is 9.47 Å². The number of hydrogen-bond donors (Lipinski definition) is 1. The Kier molecular flexibility index (Phi) is 6.16. The molecule has 9 heteroatoms. The molecule has 36 heavy (non-hydrogen) atoms. The van der Waals surface area contributed by atoms with Crippen molar-refractivity contribution in [1.82, 2.24) is 9.80 Å². The maximum atomic E-state index is 14.3. The average molecular weight is 496 g/mol. The van der Waals surface area contributed by atoms with Crippen molar-refractivity contribution in [3.05, 3.63) is 48.6 Å². The van der Waals surface area contributed by atoms with Crippen LogP contribution in [0, 0.1) is 17.8 Å². The molecule has 0 aromatic heterocycles. The van der Waals surface area contributed by atoms with E-state index in [9.17, 15) is 19.5 Å². The van der Waals surface area contributed by atoms with Crippen LogP contribution in [0.25, 0.3) is 0 Å². The first-order valence-electron chi connectivity index (χ1n) is 12.4. The minimum absolute atomic E-state index is 0.118. The second kappa shape index (κ2) is 9.05. The molecule has 4 aliphatic heterocycles. The zero-order chi connectivity index (χ0) is 25.8. The molecule has 192 valence electrons. The second-order valence-corrected chi connectivity index (χ2v) is 10.3. The van der Waals surface area contributed by atoms with Crippen LogP contribution in [0.3, 0.4) is 0 Å². The highest BCUT2D eigenvalue weighted by Gasteiger charge is 2.72. The van der Waals surface area contributed by atoms with Gasteiger partial charge in [-0.3, -0.25) is 14.4 Å². The lowest BCUT2D eigenvalue weighted by Gasteiger charge is -2.39. The molecule has 4 aliphatic rings. The lowest BCUT2D eigenvalue weighted by atomic mass is 9.77. The fourth-order valence-electron chi connectivity index (χ4n) is 6.17. The summed E-state index contributed by atoms with van der Waals surface area (Å²) in [6.07, 6.45) is 6.75. The van der Waals surface area contributed by atoms with Gasteiger partial charge < -0.3 is 29.3 Å². The van der Waals surface area contributed by atoms with Gasteiger partial charge in [0.15, 0.2) is 0 Å². The average Bonchev–Trinajstić information content (AvgIpc) is 3.19. The third-order valence-corrected chi connectivity index (χ3v) is 8.00. The summed E-state index contributed by atoms with van der Waals surface area (Å²) < 4.78 is 11.9. The minimum atomic E-state index is -1.31. The zero-order valence-electron chi connectivity index (χ0n) is 21.0. The van der Waals surface area contributed by atoms with Gasteiger partial charge in [0.25, 0.3) is 5.91 Å². The van der Waals surface area contributed by atoms with Gasteiger partial charge in [0.05, 0.1) is 37.7 Å². The predicted octanol–water partition coefficient (Wildman–Crippen LogP) is 1.22. The lowest BCUT2D eigenvalue weighted by Crippen LogP contribution is -2.59. The first-order valence-corrected chi connectivity index (χ1v) is 12.4. The lowest BCUT2D eigenvalue weighted by molar-refractivity contribution is -0.147. The Hall–Kier alpha value is -3.17. The predicted molar refractivity (Wildman–Crippen MR) is 132 cm³/mol. The van der Waals surface area contributed by atoms with E-state index in [2.05, 4.69) is 0 Å². The van der Waals surface area contributed by atoms with Crippen LogP contribution in [0.15, 0.2) is 48.6 Å². The van der Waals surface area contributed by atoms with Gasteiger partial charge in [0, 0.05) is 25.8 Å². The van der Waals surface area contributed by atoms with Crippen molar-refractivity contribution in [3.8, 4) is 5.75 Å². The van der Waals surface area contributed by atoms with Crippen molar-refractivity contribution in [1.29, 1.82) is 0 Å². The van der Waals surface area contributed by atoms with E-state index in [1.807, 2.05) is 38.2 Å². The number of fused-ring (bicyclic) bond motifs is 2. The number of likely N-dealkylation sites (N-methyl/N-ethyl adjacent to an activating group) is 1. The van der Waals surface area contributed by atoms with E-state index >= 15 is 0 Å². The summed E-state index contributed by atoms with van der Waals surface area (Å²) in [7, 11) is 3.28. The number of benzene rings is 1. The number of aliphatic hydroxyl groups is 1. The van der Waals surface area contributed by atoms with E-state index in [0.29, 0.717) is 18.0 Å². The number of carbonyl (C=O) groups is 3. The van der Waals surface area contributed by atoms with Gasteiger partial charge in [0.1, 0.15) is 17.4 Å². The maximum absolute atomic E-state index is 14.3. The van der Waals surface area contributed by atoms with Crippen LogP contribution in [-0.4, -0.2) is 90.3 Å². The smallest absolute Gasteiger partial charge is 0.253 e. The molecule has 2 fully saturated rings. The van der Waals surface area contributed by atoms with Crippen molar-refractivity contribution in [2.75, 3.05) is 38.8 Å². The molecule has 5 rings (SSSR count). The molecule has 1 N–H and O–H groups in total. The third kappa shape index (κ3) is 3.48. The highest BCUT2D eigenvalue weighted by atomic mass is 16.5. The van der Waals surface area contributed by atoms with Crippen LogP contribution in [0.2, 0.25) is 0 Å². The molecule has 0 bridgehead atoms. The molecule has 1 aromatic rings. The fourth-order valence-corrected chi connectivity index (χ4v) is 6.17. The van der Waals surface area contributed by atoms with Crippen LogP contribution in [0.5, 0.6) is 5.75 Å². The molecule has 3 amide bonds. The van der Waals surface area contributed by atoms with Crippen molar-refractivity contribution < 1.29 is 29.0 Å². The number of anilines is 1. The number of ether oxygens (including phenoxy) is 2. The topological polar surface area (TPSA) is 99.6 Å². The molecule has 1 aromatic carbocycles. The van der Waals surface area contributed by atoms with E-state index in [0.717, 1.165) is 0 Å². The van der Waals surface area contributed by atoms with E-state index < -0.39 is 35.6 Å². The number of methoxy groups -OCH3 is 1. The van der Waals surface area contributed by atoms with Crippen molar-refractivity contribution >= 4 is 23.4 Å². The van der Waals surface area contributed by atoms with E-state index in [1.165, 1.54) is 4.90 Å². The zero-order valence-corrected chi connectivity index (χ0v) is 21.0. The molecule has 0 aliphatic carbocycles. The number of carbonyl (C=O) groups excluding carboxylic acids is 3. The Morgan fingerprint density at radius 2 is 1.81 bits per heavy atom. The standard InChI is InChI=1S/C27H33N3O6/c1-16(2)19(15-31)30-23-26(34)29(17-8-10-18(35-4)11-9-17)14-6-12-27(23)22(25(30)33)21-20(36-27)7-5-13-28(3)24(21)32/h5-12,16,19-23,31H,13-15H2,1-4H3/t19-,20-,21+,22-,23?,27-/m0/s1. The number of nitrogens with zero attached hydrogens (tertiary/aromatic N) is 3. The monoisotopic (exact) mass is 495 g/mol. The second-order valence-electron chi connectivity index (χ2n) is 10.3. The van der Waals surface area contributed by atoms with Crippen molar-refractivity contribution in [3.63, 3.8) is 0 Å². The highest BCUT2D eigenvalue weighted by molar-refractivity contribution is 6.06. The summed E-state index contributed by atoms with van der Waals surface area (Å²) in [5.74, 6) is -1.87. The van der Waals surface area contributed by atoms with Gasteiger partial charge in [-0.15, -0.1) is 0 Å². The Balaban J connectivity index is 1.64. The fraction of sp³-hybridized carbons (Fsp3) is 0.519. The van der Waals surface area contributed by atoms with Crippen LogP contribution >= 0.6 is 0 Å². The summed E-state index contributed by atoms with van der Waals surface area (Å²) in [4.78, 5) is 46.6. The molecule has 9 nitrogen and oxygen atoms in total. The molecule has 2 saturated heterocycles. The highest BCUT2D eigenvalue weighted by Crippen LogP contribution is 2.54. The van der Waals surface area contributed by atoms with Crippen LogP contribution in [0.1, 0.15) is 13.8 Å². The molecule has 1 spiro atoms. The number of amides is 3. The Labute approximate surface area is 210 Å². The number of hydrogen-bond acceptors (Lipinski definition) is 6. The summed E-state index contributed by atoms with van der Waals surface area (Å²) in [5, 5.41) is 10.3. The molecule has 0 radical (unpaired) electrons.